The third-order valence-corrected chi connectivity index (χ3v) is 4.89. The fraction of sp³-hybridized carbons (Fsp3) is 0.409. The Bertz CT molecular complexity index is 682. The van der Waals surface area contributed by atoms with Gasteiger partial charge in [-0.25, -0.2) is 0 Å². The SMILES string of the molecule is C/C=C(\C=C/[NH2+]C)/C=C/c1ccc(N(C)CCCN(C)C(=O)C(N)CS)cc1. The molecule has 0 aliphatic heterocycles. The van der Waals surface area contributed by atoms with Crippen LogP contribution < -0.4 is 16.0 Å². The number of benzene rings is 1. The molecule has 4 N–H and O–H groups in total. The van der Waals surface area contributed by atoms with E-state index in [2.05, 4.69) is 73.1 Å². The van der Waals surface area contributed by atoms with Crippen LogP contribution in [0.15, 0.2) is 54.3 Å². The Morgan fingerprint density at radius 3 is 2.46 bits per heavy atom. The highest BCUT2D eigenvalue weighted by atomic mass is 32.1. The van der Waals surface area contributed by atoms with E-state index in [9.17, 15) is 4.79 Å². The van der Waals surface area contributed by atoms with Gasteiger partial charge in [0.2, 0.25) is 5.91 Å². The van der Waals surface area contributed by atoms with Crippen LogP contribution in [0.1, 0.15) is 18.9 Å². The quantitative estimate of drug-likeness (QED) is 0.390. The predicted molar refractivity (Wildman–Crippen MR) is 124 cm³/mol. The molecule has 6 heteroatoms. The van der Waals surface area contributed by atoms with Gasteiger partial charge in [0.15, 0.2) is 0 Å². The van der Waals surface area contributed by atoms with Crippen LogP contribution in [0.4, 0.5) is 5.69 Å². The van der Waals surface area contributed by atoms with Crippen molar-refractivity contribution in [3.8, 4) is 0 Å². The van der Waals surface area contributed by atoms with E-state index in [1.54, 1.807) is 11.9 Å². The predicted octanol–water partition coefficient (Wildman–Crippen LogP) is 1.89. The van der Waals surface area contributed by atoms with Gasteiger partial charge in [-0.15, -0.1) is 0 Å². The van der Waals surface area contributed by atoms with Gasteiger partial charge in [-0.1, -0.05) is 30.4 Å². The average Bonchev–Trinajstić information content (AvgIpc) is 2.72. The van der Waals surface area contributed by atoms with Gasteiger partial charge in [-0.2, -0.15) is 12.6 Å². The van der Waals surface area contributed by atoms with Crippen LogP contribution in [-0.4, -0.2) is 56.8 Å². The fourth-order valence-corrected chi connectivity index (χ4v) is 2.79. The summed E-state index contributed by atoms with van der Waals surface area (Å²) < 4.78 is 0. The summed E-state index contributed by atoms with van der Waals surface area (Å²) in [6.07, 6.45) is 11.3. The molecular weight excluding hydrogens is 368 g/mol. The molecule has 0 spiro atoms. The summed E-state index contributed by atoms with van der Waals surface area (Å²) in [5.41, 5.74) is 9.24. The van der Waals surface area contributed by atoms with Crippen LogP contribution in [0.3, 0.4) is 0 Å². The lowest BCUT2D eigenvalue weighted by molar-refractivity contribution is -0.556. The van der Waals surface area contributed by atoms with Gasteiger partial charge >= 0.3 is 0 Å². The number of thiol groups is 1. The molecule has 0 radical (unpaired) electrons. The van der Waals surface area contributed by atoms with Crippen molar-refractivity contribution < 1.29 is 10.1 Å². The number of anilines is 1. The van der Waals surface area contributed by atoms with Gasteiger partial charge in [-0.05, 0) is 42.7 Å². The molecule has 0 aromatic heterocycles. The second-order valence-corrected chi connectivity index (χ2v) is 7.10. The van der Waals surface area contributed by atoms with Gasteiger partial charge in [-0.3, -0.25) is 4.79 Å². The molecule has 0 aliphatic carbocycles. The van der Waals surface area contributed by atoms with Crippen molar-refractivity contribution in [1.82, 2.24) is 4.90 Å². The first-order valence-electron chi connectivity index (χ1n) is 9.66. The molecule has 1 aromatic rings. The number of nitrogens with two attached hydrogens (primary N) is 2. The summed E-state index contributed by atoms with van der Waals surface area (Å²) in [6, 6.07) is 7.96. The highest BCUT2D eigenvalue weighted by Crippen LogP contribution is 2.16. The van der Waals surface area contributed by atoms with E-state index in [0.717, 1.165) is 24.2 Å². The lowest BCUT2D eigenvalue weighted by Crippen LogP contribution is -2.72. The normalized spacial score (nSPS) is 13.3. The number of carbonyl (C=O) groups is 1. The van der Waals surface area contributed by atoms with Gasteiger partial charge in [0.05, 0.1) is 19.3 Å². The van der Waals surface area contributed by atoms with Crippen molar-refractivity contribution in [2.75, 3.05) is 44.9 Å². The van der Waals surface area contributed by atoms with Crippen molar-refractivity contribution in [2.45, 2.75) is 19.4 Å². The number of rotatable bonds is 11. The number of quaternary nitrogens is 1. The molecular formula is C22H35N4OS+. The summed E-state index contributed by atoms with van der Waals surface area (Å²) in [4.78, 5) is 15.9. The summed E-state index contributed by atoms with van der Waals surface area (Å²) in [5, 5.41) is 2.02. The van der Waals surface area contributed by atoms with Gasteiger partial charge in [0, 0.05) is 38.6 Å². The topological polar surface area (TPSA) is 66.2 Å². The number of hydrogen-bond acceptors (Lipinski definition) is 4. The van der Waals surface area contributed by atoms with Crippen molar-refractivity contribution in [1.29, 1.82) is 0 Å². The molecule has 0 saturated heterocycles. The molecule has 1 amide bonds. The number of hydrogen-bond donors (Lipinski definition) is 3. The Hall–Kier alpha value is -2.02. The van der Waals surface area contributed by atoms with Crippen molar-refractivity contribution >= 4 is 30.3 Å². The minimum absolute atomic E-state index is 0.0547. The minimum Gasteiger partial charge on any atom is -0.375 e. The molecule has 0 bridgehead atoms. The summed E-state index contributed by atoms with van der Waals surface area (Å²) >= 11 is 4.08. The molecule has 154 valence electrons. The molecule has 1 unspecified atom stereocenters. The Labute approximate surface area is 175 Å². The smallest absolute Gasteiger partial charge is 0.240 e. The van der Waals surface area contributed by atoms with Crippen LogP contribution in [-0.2, 0) is 4.79 Å². The first kappa shape index (κ1) is 24.0. The highest BCUT2D eigenvalue weighted by molar-refractivity contribution is 7.80. The van der Waals surface area contributed by atoms with Crippen LogP contribution in [0.2, 0.25) is 0 Å². The van der Waals surface area contributed by atoms with E-state index >= 15 is 0 Å². The van der Waals surface area contributed by atoms with E-state index in [0.29, 0.717) is 12.3 Å². The van der Waals surface area contributed by atoms with Crippen LogP contribution >= 0.6 is 12.6 Å². The van der Waals surface area contributed by atoms with Crippen molar-refractivity contribution in [2.24, 2.45) is 5.73 Å². The molecule has 0 heterocycles. The number of allylic oxidation sites excluding steroid dienone is 4. The second-order valence-electron chi connectivity index (χ2n) is 6.73. The van der Waals surface area contributed by atoms with Gasteiger partial charge < -0.3 is 20.9 Å². The molecule has 0 fully saturated rings. The molecule has 5 nitrogen and oxygen atoms in total. The third-order valence-electron chi connectivity index (χ3n) is 4.49. The van der Waals surface area contributed by atoms with Crippen LogP contribution in [0, 0.1) is 0 Å². The van der Waals surface area contributed by atoms with Gasteiger partial charge in [0.1, 0.15) is 0 Å². The Morgan fingerprint density at radius 1 is 1.21 bits per heavy atom. The largest absolute Gasteiger partial charge is 0.375 e. The molecule has 0 aliphatic rings. The maximum atomic E-state index is 12.0. The zero-order valence-electron chi connectivity index (χ0n) is 17.5. The molecule has 0 saturated carbocycles. The number of nitrogens with zero attached hydrogens (tertiary/aromatic N) is 2. The first-order chi connectivity index (χ1) is 13.4. The number of likely N-dealkylation sites (N-methyl/N-ethyl adjacent to an activating group) is 1. The standard InChI is InChI=1S/C22H34N4OS/c1-5-18(13-14-24-2)7-8-19-9-11-20(12-10-19)25(3)15-6-16-26(4)22(27)21(23)17-28/h5,7-14,21,24,28H,6,15-17,23H2,1-4H3/p+1/b8-7+,14-13-,18-5-. The molecule has 1 atom stereocenters. The Balaban J connectivity index is 2.54. The summed E-state index contributed by atoms with van der Waals surface area (Å²) in [5.74, 6) is 0.313. The summed E-state index contributed by atoms with van der Waals surface area (Å²) in [7, 11) is 5.87. The van der Waals surface area contributed by atoms with E-state index in [1.807, 2.05) is 25.5 Å². The van der Waals surface area contributed by atoms with Crippen LogP contribution in [0.25, 0.3) is 6.08 Å². The Kier molecular flexibility index (Phi) is 11.3. The van der Waals surface area contributed by atoms with Crippen molar-refractivity contribution in [3.63, 3.8) is 0 Å². The molecule has 28 heavy (non-hydrogen) atoms. The molecule has 1 aromatic carbocycles. The van der Waals surface area contributed by atoms with Crippen molar-refractivity contribution in [3.05, 3.63) is 59.8 Å². The van der Waals surface area contributed by atoms with E-state index in [1.165, 1.54) is 5.57 Å². The number of amides is 1. The lowest BCUT2D eigenvalue weighted by Gasteiger charge is -2.23. The van der Waals surface area contributed by atoms with Gasteiger partial charge in [0.25, 0.3) is 0 Å². The average molecular weight is 404 g/mol. The van der Waals surface area contributed by atoms with E-state index in [4.69, 9.17) is 5.73 Å². The highest BCUT2D eigenvalue weighted by Gasteiger charge is 2.16. The molecule has 1 rings (SSSR count). The van der Waals surface area contributed by atoms with E-state index in [-0.39, 0.29) is 5.91 Å². The zero-order chi connectivity index (χ0) is 20.9. The monoisotopic (exact) mass is 403 g/mol. The lowest BCUT2D eigenvalue weighted by atomic mass is 10.1. The first-order valence-corrected chi connectivity index (χ1v) is 10.3. The zero-order valence-corrected chi connectivity index (χ0v) is 18.4. The summed E-state index contributed by atoms with van der Waals surface area (Å²) in [6.45, 7) is 3.58. The third kappa shape index (κ3) is 8.33. The fourth-order valence-electron chi connectivity index (χ4n) is 2.63. The number of carbonyl (C=O) groups excluding carboxylic acids is 1. The Morgan fingerprint density at radius 2 is 1.89 bits per heavy atom. The maximum Gasteiger partial charge on any atom is 0.240 e. The maximum absolute atomic E-state index is 12.0. The van der Waals surface area contributed by atoms with Crippen LogP contribution in [0.5, 0.6) is 0 Å². The van der Waals surface area contributed by atoms with E-state index < -0.39 is 6.04 Å². The second kappa shape index (κ2) is 13.2. The minimum atomic E-state index is -0.523.